The minimum atomic E-state index is -0.894. The van der Waals surface area contributed by atoms with Gasteiger partial charge in [-0.2, -0.15) is 10.1 Å². The molecule has 2 aliphatic heterocycles. The molecule has 10 heteroatoms. The molecule has 2 aromatic carbocycles. The van der Waals surface area contributed by atoms with Gasteiger partial charge in [0, 0.05) is 5.56 Å². The van der Waals surface area contributed by atoms with Gasteiger partial charge in [0.05, 0.1) is 12.8 Å². The summed E-state index contributed by atoms with van der Waals surface area (Å²) in [5.74, 6) is 0.528. The van der Waals surface area contributed by atoms with Crippen molar-refractivity contribution >= 4 is 17.5 Å². The molecule has 1 saturated heterocycles. The highest BCUT2D eigenvalue weighted by Gasteiger charge is 2.55. The van der Waals surface area contributed by atoms with Crippen LogP contribution in [0, 0.1) is 6.92 Å². The standard InChI is InChI=1S/C21H18N6O4/c1-12-3-5-13(6-4-12)19-22-16(31-24-19)11-26-18-17(23-25-26)20(28)27(21(18)29)14-7-9-15(30-2)10-8-14/h3-10,17-18H,11H2,1-2H3/t17-,18+/m1/s1. The number of amides is 2. The first-order chi connectivity index (χ1) is 15.0. The lowest BCUT2D eigenvalue weighted by atomic mass is 10.1. The number of fused-ring (bicyclic) bond motifs is 1. The Bertz CT molecular complexity index is 1170. The van der Waals surface area contributed by atoms with E-state index in [1.807, 2.05) is 31.2 Å². The van der Waals surface area contributed by atoms with Crippen LogP contribution in [-0.2, 0) is 16.1 Å². The van der Waals surface area contributed by atoms with E-state index < -0.39 is 23.9 Å². The normalized spacial score (nSPS) is 19.9. The molecule has 1 fully saturated rings. The van der Waals surface area contributed by atoms with E-state index in [4.69, 9.17) is 9.26 Å². The maximum atomic E-state index is 13.1. The van der Waals surface area contributed by atoms with E-state index >= 15 is 0 Å². The zero-order valence-corrected chi connectivity index (χ0v) is 16.8. The highest BCUT2D eigenvalue weighted by atomic mass is 16.5. The fraction of sp³-hybridized carbons (Fsp3) is 0.238. The minimum Gasteiger partial charge on any atom is -0.497 e. The second-order valence-corrected chi connectivity index (χ2v) is 7.28. The summed E-state index contributed by atoms with van der Waals surface area (Å²) in [6, 6.07) is 12.7. The molecule has 3 aromatic rings. The zero-order chi connectivity index (χ0) is 21.5. The molecule has 5 rings (SSSR count). The average molecular weight is 418 g/mol. The number of aromatic nitrogens is 2. The number of hydrogen-bond donors (Lipinski definition) is 0. The number of anilines is 1. The smallest absolute Gasteiger partial charge is 0.263 e. The first kappa shape index (κ1) is 18.9. The number of carbonyl (C=O) groups is 2. The Balaban J connectivity index is 1.34. The molecule has 2 amide bonds. The van der Waals surface area contributed by atoms with Crippen molar-refractivity contribution in [3.8, 4) is 17.1 Å². The molecule has 1 aromatic heterocycles. The lowest BCUT2D eigenvalue weighted by molar-refractivity contribution is -0.123. The van der Waals surface area contributed by atoms with Crippen molar-refractivity contribution < 1.29 is 18.8 Å². The van der Waals surface area contributed by atoms with Gasteiger partial charge in [0.25, 0.3) is 11.8 Å². The number of nitrogens with zero attached hydrogens (tertiary/aromatic N) is 6. The third kappa shape index (κ3) is 3.21. The van der Waals surface area contributed by atoms with Crippen LogP contribution >= 0.6 is 0 Å². The van der Waals surface area contributed by atoms with E-state index in [9.17, 15) is 9.59 Å². The molecule has 3 heterocycles. The summed E-state index contributed by atoms with van der Waals surface area (Å²) >= 11 is 0. The van der Waals surface area contributed by atoms with Crippen molar-refractivity contribution in [2.24, 2.45) is 10.3 Å². The number of rotatable bonds is 5. The Kier molecular flexibility index (Phi) is 4.46. The first-order valence-corrected chi connectivity index (χ1v) is 9.64. The van der Waals surface area contributed by atoms with Crippen LogP contribution in [0.2, 0.25) is 0 Å². The van der Waals surface area contributed by atoms with Crippen LogP contribution in [0.4, 0.5) is 5.69 Å². The van der Waals surface area contributed by atoms with Crippen LogP contribution in [0.5, 0.6) is 5.75 Å². The molecule has 31 heavy (non-hydrogen) atoms. The van der Waals surface area contributed by atoms with Gasteiger partial charge in [-0.1, -0.05) is 40.2 Å². The van der Waals surface area contributed by atoms with E-state index in [0.717, 1.165) is 16.0 Å². The number of imide groups is 1. The SMILES string of the molecule is COc1ccc(N2C(=O)[C@@H]3[C@@H](N=NN3Cc3nc(-c4ccc(C)cc4)no3)C2=O)cc1. The van der Waals surface area contributed by atoms with Gasteiger partial charge >= 0.3 is 0 Å². The summed E-state index contributed by atoms with van der Waals surface area (Å²) in [6.07, 6.45) is 0. The van der Waals surface area contributed by atoms with E-state index in [1.165, 1.54) is 5.01 Å². The Morgan fingerprint density at radius 2 is 1.77 bits per heavy atom. The minimum absolute atomic E-state index is 0.0685. The van der Waals surface area contributed by atoms with E-state index in [-0.39, 0.29) is 12.4 Å². The number of methoxy groups -OCH3 is 1. The second-order valence-electron chi connectivity index (χ2n) is 7.28. The van der Waals surface area contributed by atoms with Gasteiger partial charge in [0.15, 0.2) is 12.1 Å². The molecular weight excluding hydrogens is 400 g/mol. The quantitative estimate of drug-likeness (QED) is 0.585. The Morgan fingerprint density at radius 3 is 2.48 bits per heavy atom. The monoisotopic (exact) mass is 418 g/mol. The number of ether oxygens (including phenoxy) is 1. The van der Waals surface area contributed by atoms with E-state index in [1.54, 1.807) is 31.4 Å². The molecule has 2 atom stereocenters. The van der Waals surface area contributed by atoms with Crippen molar-refractivity contribution in [2.45, 2.75) is 25.6 Å². The van der Waals surface area contributed by atoms with Gasteiger partial charge in [-0.3, -0.25) is 14.6 Å². The third-order valence-electron chi connectivity index (χ3n) is 5.26. The topological polar surface area (TPSA) is 113 Å². The average Bonchev–Trinajstić information content (AvgIpc) is 3.47. The van der Waals surface area contributed by atoms with Gasteiger partial charge in [-0.15, -0.1) is 0 Å². The molecule has 2 aliphatic rings. The van der Waals surface area contributed by atoms with Crippen LogP contribution < -0.4 is 9.64 Å². The van der Waals surface area contributed by atoms with Crippen molar-refractivity contribution in [3.05, 3.63) is 60.0 Å². The Morgan fingerprint density at radius 1 is 1.03 bits per heavy atom. The van der Waals surface area contributed by atoms with Gasteiger partial charge in [0.2, 0.25) is 11.7 Å². The highest BCUT2D eigenvalue weighted by molar-refractivity contribution is 6.25. The molecular formula is C21H18N6O4. The van der Waals surface area contributed by atoms with Gasteiger partial charge in [-0.05, 0) is 31.2 Å². The maximum absolute atomic E-state index is 13.1. The third-order valence-corrected chi connectivity index (χ3v) is 5.26. The molecule has 0 spiro atoms. The summed E-state index contributed by atoms with van der Waals surface area (Å²) in [6.45, 7) is 2.06. The summed E-state index contributed by atoms with van der Waals surface area (Å²) in [4.78, 5) is 31.4. The largest absolute Gasteiger partial charge is 0.497 e. The van der Waals surface area contributed by atoms with Gasteiger partial charge in [-0.25, -0.2) is 4.90 Å². The highest BCUT2D eigenvalue weighted by Crippen LogP contribution is 2.33. The molecule has 0 bridgehead atoms. The number of benzene rings is 2. The van der Waals surface area contributed by atoms with Crippen molar-refractivity contribution in [1.29, 1.82) is 0 Å². The molecule has 10 nitrogen and oxygen atoms in total. The molecule has 0 N–H and O–H groups in total. The van der Waals surface area contributed by atoms with Crippen molar-refractivity contribution in [2.75, 3.05) is 12.0 Å². The van der Waals surface area contributed by atoms with Crippen molar-refractivity contribution in [1.82, 2.24) is 15.1 Å². The Labute approximate surface area is 177 Å². The van der Waals surface area contributed by atoms with E-state index in [0.29, 0.717) is 17.3 Å². The number of carbonyl (C=O) groups excluding carboxylic acids is 2. The zero-order valence-electron chi connectivity index (χ0n) is 16.8. The molecule has 0 saturated carbocycles. The van der Waals surface area contributed by atoms with Crippen LogP contribution in [0.15, 0.2) is 63.4 Å². The number of hydrogen-bond acceptors (Lipinski definition) is 9. The van der Waals surface area contributed by atoms with Crippen LogP contribution in [0.1, 0.15) is 11.5 Å². The predicted molar refractivity (Wildman–Crippen MR) is 108 cm³/mol. The summed E-state index contributed by atoms with van der Waals surface area (Å²) in [5, 5.41) is 13.4. The molecule has 0 unspecified atom stereocenters. The fourth-order valence-electron chi connectivity index (χ4n) is 3.62. The summed E-state index contributed by atoms with van der Waals surface area (Å²) in [7, 11) is 1.55. The van der Waals surface area contributed by atoms with Crippen LogP contribution in [-0.4, -0.2) is 46.2 Å². The van der Waals surface area contributed by atoms with Crippen molar-refractivity contribution in [3.63, 3.8) is 0 Å². The van der Waals surface area contributed by atoms with E-state index in [2.05, 4.69) is 20.5 Å². The Hall–Kier alpha value is -4.08. The maximum Gasteiger partial charge on any atom is 0.263 e. The fourth-order valence-corrected chi connectivity index (χ4v) is 3.62. The van der Waals surface area contributed by atoms with Gasteiger partial charge < -0.3 is 9.26 Å². The lowest BCUT2D eigenvalue weighted by Gasteiger charge is -2.19. The first-order valence-electron chi connectivity index (χ1n) is 9.64. The van der Waals surface area contributed by atoms with Crippen LogP contribution in [0.25, 0.3) is 11.4 Å². The second kappa shape index (κ2) is 7.31. The lowest BCUT2D eigenvalue weighted by Crippen LogP contribution is -2.39. The van der Waals surface area contributed by atoms with Crippen LogP contribution in [0.3, 0.4) is 0 Å². The summed E-state index contributed by atoms with van der Waals surface area (Å²) in [5.41, 5.74) is 2.40. The molecule has 0 aliphatic carbocycles. The predicted octanol–water partition coefficient (Wildman–Crippen LogP) is 2.55. The molecule has 156 valence electrons. The van der Waals surface area contributed by atoms with Gasteiger partial charge in [0.1, 0.15) is 12.3 Å². The molecule has 0 radical (unpaired) electrons. The summed E-state index contributed by atoms with van der Waals surface area (Å²) < 4.78 is 10.5. The number of aryl methyl sites for hydroxylation is 1.